The zero-order valence-corrected chi connectivity index (χ0v) is 15.4. The fourth-order valence-electron chi connectivity index (χ4n) is 2.90. The summed E-state index contributed by atoms with van der Waals surface area (Å²) < 4.78 is 5.61. The summed E-state index contributed by atoms with van der Waals surface area (Å²) in [6.45, 7) is 5.80. The van der Waals surface area contributed by atoms with Crippen molar-refractivity contribution in [3.63, 3.8) is 0 Å². The Labute approximate surface area is 154 Å². The minimum atomic E-state index is 0.0618. The van der Waals surface area contributed by atoms with Crippen molar-refractivity contribution in [2.24, 2.45) is 5.10 Å². The third-order valence-corrected chi connectivity index (χ3v) is 4.58. The normalized spacial score (nSPS) is 14.4. The number of anilines is 1. The summed E-state index contributed by atoms with van der Waals surface area (Å²) in [7, 11) is 0. The maximum Gasteiger partial charge on any atom is 0.260 e. The number of nitrogens with zero attached hydrogens (tertiary/aromatic N) is 2. The summed E-state index contributed by atoms with van der Waals surface area (Å²) in [5.41, 5.74) is 7.13. The first-order valence-corrected chi connectivity index (χ1v) is 9.00. The van der Waals surface area contributed by atoms with Crippen LogP contribution in [0.2, 0.25) is 0 Å². The molecule has 0 atom stereocenters. The maximum atomic E-state index is 12.0. The Kier molecular flexibility index (Phi) is 5.89. The van der Waals surface area contributed by atoms with Crippen LogP contribution in [0.15, 0.2) is 53.6 Å². The Bertz CT molecular complexity index is 778. The summed E-state index contributed by atoms with van der Waals surface area (Å²) in [5, 5.41) is 4.45. The van der Waals surface area contributed by atoms with Gasteiger partial charge in [-0.15, -0.1) is 0 Å². The first-order chi connectivity index (χ1) is 12.6. The average molecular weight is 351 g/mol. The van der Waals surface area contributed by atoms with E-state index in [9.17, 15) is 4.79 Å². The molecule has 1 aliphatic rings. The van der Waals surface area contributed by atoms with Crippen LogP contribution in [0, 0.1) is 6.92 Å². The number of carbonyl (C=O) groups is 1. The van der Waals surface area contributed by atoms with Crippen molar-refractivity contribution < 1.29 is 9.53 Å². The second-order valence-electron chi connectivity index (χ2n) is 6.52. The van der Waals surface area contributed by atoms with Crippen LogP contribution >= 0.6 is 0 Å². The lowest BCUT2D eigenvalue weighted by Crippen LogP contribution is -2.32. The average Bonchev–Trinajstić information content (AvgIpc) is 3.20. The number of ether oxygens (including phenoxy) is 1. The van der Waals surface area contributed by atoms with E-state index in [0.29, 0.717) is 5.75 Å². The molecule has 0 saturated carbocycles. The van der Waals surface area contributed by atoms with E-state index >= 15 is 0 Å². The van der Waals surface area contributed by atoms with Gasteiger partial charge in [-0.3, -0.25) is 10.2 Å². The first-order valence-electron chi connectivity index (χ1n) is 9.00. The van der Waals surface area contributed by atoms with Gasteiger partial charge in [0.1, 0.15) is 5.75 Å². The second kappa shape index (κ2) is 8.52. The molecular formula is C21H25N3O2. The van der Waals surface area contributed by atoms with Crippen molar-refractivity contribution in [1.82, 2.24) is 4.90 Å². The number of hydrogen-bond acceptors (Lipinski definition) is 4. The summed E-state index contributed by atoms with van der Waals surface area (Å²) in [4.78, 5) is 13.9. The summed E-state index contributed by atoms with van der Waals surface area (Å²) in [6, 6.07) is 15.7. The fourth-order valence-corrected chi connectivity index (χ4v) is 2.90. The van der Waals surface area contributed by atoms with Gasteiger partial charge in [-0.1, -0.05) is 18.2 Å². The third-order valence-electron chi connectivity index (χ3n) is 4.58. The molecule has 26 heavy (non-hydrogen) atoms. The summed E-state index contributed by atoms with van der Waals surface area (Å²) in [6.07, 6.45) is 2.19. The van der Waals surface area contributed by atoms with Crippen molar-refractivity contribution >= 4 is 17.3 Å². The lowest BCUT2D eigenvalue weighted by Gasteiger charge is -2.15. The molecule has 0 radical (unpaired) electrons. The molecule has 0 spiro atoms. The lowest BCUT2D eigenvalue weighted by atomic mass is 10.1. The van der Waals surface area contributed by atoms with Gasteiger partial charge in [-0.25, -0.2) is 0 Å². The largest absolute Gasteiger partial charge is 0.484 e. The highest BCUT2D eigenvalue weighted by molar-refractivity contribution is 5.99. The second-order valence-corrected chi connectivity index (χ2v) is 6.52. The Morgan fingerprint density at radius 1 is 1.12 bits per heavy atom. The Balaban J connectivity index is 1.55. The zero-order valence-electron chi connectivity index (χ0n) is 15.4. The molecule has 0 aromatic heterocycles. The molecule has 1 N–H and O–H groups in total. The number of hydrazone groups is 1. The highest BCUT2D eigenvalue weighted by atomic mass is 16.5. The molecule has 0 aliphatic carbocycles. The molecule has 0 bridgehead atoms. The Morgan fingerprint density at radius 3 is 2.50 bits per heavy atom. The number of benzene rings is 2. The highest BCUT2D eigenvalue weighted by Crippen LogP contribution is 2.16. The molecule has 1 amide bonds. The lowest BCUT2D eigenvalue weighted by molar-refractivity contribution is -0.132. The van der Waals surface area contributed by atoms with E-state index in [1.165, 1.54) is 0 Å². The molecule has 2 aromatic carbocycles. The topological polar surface area (TPSA) is 53.9 Å². The van der Waals surface area contributed by atoms with Crippen LogP contribution in [-0.4, -0.2) is 36.2 Å². The van der Waals surface area contributed by atoms with E-state index in [1.54, 1.807) is 0 Å². The quantitative estimate of drug-likeness (QED) is 0.636. The summed E-state index contributed by atoms with van der Waals surface area (Å²) >= 11 is 0. The molecular weight excluding hydrogens is 326 g/mol. The highest BCUT2D eigenvalue weighted by Gasteiger charge is 2.18. The van der Waals surface area contributed by atoms with E-state index in [4.69, 9.17) is 4.74 Å². The molecule has 0 unspecified atom stereocenters. The van der Waals surface area contributed by atoms with E-state index < -0.39 is 0 Å². The Morgan fingerprint density at radius 2 is 1.81 bits per heavy atom. The van der Waals surface area contributed by atoms with Gasteiger partial charge < -0.3 is 9.64 Å². The van der Waals surface area contributed by atoms with Gasteiger partial charge >= 0.3 is 0 Å². The first kappa shape index (κ1) is 18.0. The molecule has 1 saturated heterocycles. The maximum absolute atomic E-state index is 12.0. The van der Waals surface area contributed by atoms with Gasteiger partial charge in [0.15, 0.2) is 6.61 Å². The van der Waals surface area contributed by atoms with Gasteiger partial charge in [0.2, 0.25) is 0 Å². The monoisotopic (exact) mass is 351 g/mol. The number of likely N-dealkylation sites (tertiary alicyclic amines) is 1. The molecule has 2 aromatic rings. The van der Waals surface area contributed by atoms with Gasteiger partial charge in [-0.05, 0) is 68.1 Å². The van der Waals surface area contributed by atoms with E-state index in [2.05, 4.69) is 10.5 Å². The van der Waals surface area contributed by atoms with Crippen LogP contribution < -0.4 is 10.2 Å². The van der Waals surface area contributed by atoms with Gasteiger partial charge in [0.25, 0.3) is 5.91 Å². The van der Waals surface area contributed by atoms with Crippen LogP contribution in [0.5, 0.6) is 5.75 Å². The number of aryl methyl sites for hydroxylation is 1. The zero-order chi connectivity index (χ0) is 18.4. The number of para-hydroxylation sites is 1. The molecule has 5 heteroatoms. The molecule has 136 valence electrons. The molecule has 1 fully saturated rings. The van der Waals surface area contributed by atoms with Gasteiger partial charge in [-0.2, -0.15) is 5.10 Å². The fraction of sp³-hybridized carbons (Fsp3) is 0.333. The molecule has 5 nitrogen and oxygen atoms in total. The number of hydrogen-bond donors (Lipinski definition) is 1. The van der Waals surface area contributed by atoms with E-state index in [0.717, 1.165) is 48.5 Å². The van der Waals surface area contributed by atoms with Crippen molar-refractivity contribution in [2.45, 2.75) is 26.7 Å². The summed E-state index contributed by atoms with van der Waals surface area (Å²) in [5.74, 6) is 0.757. The van der Waals surface area contributed by atoms with E-state index in [1.807, 2.05) is 67.3 Å². The van der Waals surface area contributed by atoms with Crippen LogP contribution in [0.4, 0.5) is 5.69 Å². The van der Waals surface area contributed by atoms with Crippen molar-refractivity contribution in [2.75, 3.05) is 25.1 Å². The van der Waals surface area contributed by atoms with Crippen molar-refractivity contribution in [3.8, 4) is 5.75 Å². The molecule has 1 aliphatic heterocycles. The van der Waals surface area contributed by atoms with Gasteiger partial charge in [0.05, 0.1) is 11.4 Å². The minimum Gasteiger partial charge on any atom is -0.484 e. The number of nitrogens with one attached hydrogen (secondary N) is 1. The van der Waals surface area contributed by atoms with Crippen molar-refractivity contribution in [1.29, 1.82) is 0 Å². The third kappa shape index (κ3) is 4.63. The number of rotatable bonds is 6. The number of amides is 1. The van der Waals surface area contributed by atoms with Crippen LogP contribution in [-0.2, 0) is 4.79 Å². The standard InChI is InChI=1S/C21H25N3O2/c1-16-7-3-4-8-20(16)23-22-17(2)18-9-11-19(12-10-18)26-15-21(25)24-13-5-6-14-24/h3-4,7-12,23H,5-6,13-15H2,1-2H3/b22-17-. The molecule has 1 heterocycles. The SMILES string of the molecule is C/C(=N/Nc1ccccc1C)c1ccc(OCC(=O)N2CCCC2)cc1. The van der Waals surface area contributed by atoms with E-state index in [-0.39, 0.29) is 12.5 Å². The predicted molar refractivity (Wildman–Crippen MR) is 105 cm³/mol. The Hall–Kier alpha value is -2.82. The van der Waals surface area contributed by atoms with Gasteiger partial charge in [0, 0.05) is 13.1 Å². The minimum absolute atomic E-state index is 0.0618. The smallest absolute Gasteiger partial charge is 0.260 e. The van der Waals surface area contributed by atoms with Crippen LogP contribution in [0.3, 0.4) is 0 Å². The van der Waals surface area contributed by atoms with Crippen molar-refractivity contribution in [3.05, 3.63) is 59.7 Å². The van der Waals surface area contributed by atoms with Crippen LogP contribution in [0.1, 0.15) is 30.9 Å². The number of carbonyl (C=O) groups excluding carboxylic acids is 1. The predicted octanol–water partition coefficient (Wildman–Crippen LogP) is 3.83. The van der Waals surface area contributed by atoms with Crippen LogP contribution in [0.25, 0.3) is 0 Å². The molecule has 3 rings (SSSR count).